The van der Waals surface area contributed by atoms with Crippen LogP contribution in [0, 0.1) is 11.8 Å². The van der Waals surface area contributed by atoms with Gasteiger partial charge in [0.05, 0.1) is 12.0 Å². The third kappa shape index (κ3) is 2.32. The lowest BCUT2D eigenvalue weighted by Crippen LogP contribution is -2.46. The Morgan fingerprint density at radius 1 is 1.47 bits per heavy atom. The van der Waals surface area contributed by atoms with Crippen LogP contribution in [0.5, 0.6) is 0 Å². The normalized spacial score (nSPS) is 36.9. The Morgan fingerprint density at radius 2 is 2.27 bits per heavy atom. The predicted octanol–water partition coefficient (Wildman–Crippen LogP) is -0.175. The SMILES string of the molecule is C[C@@H]1CNC[C@H]1C(=O)N1CCC[C@H](O)C1. The third-order valence-electron chi connectivity index (χ3n) is 3.54. The standard InChI is InChI=1S/C11H20N2O2/c1-8-5-12-6-10(8)11(15)13-4-2-3-9(14)7-13/h8-10,12,14H,2-7H2,1H3/t8-,9+,10-/m1/s1. The number of amides is 1. The molecule has 2 N–H and O–H groups in total. The van der Waals surface area contributed by atoms with Crippen LogP contribution in [-0.2, 0) is 4.79 Å². The number of rotatable bonds is 1. The summed E-state index contributed by atoms with van der Waals surface area (Å²) in [4.78, 5) is 14.0. The van der Waals surface area contributed by atoms with E-state index in [1.54, 1.807) is 0 Å². The van der Waals surface area contributed by atoms with Gasteiger partial charge in [-0.05, 0) is 25.3 Å². The minimum absolute atomic E-state index is 0.121. The lowest BCUT2D eigenvalue weighted by Gasteiger charge is -2.32. The van der Waals surface area contributed by atoms with E-state index < -0.39 is 0 Å². The molecule has 0 aromatic heterocycles. The van der Waals surface area contributed by atoms with Crippen LogP contribution in [0.3, 0.4) is 0 Å². The summed E-state index contributed by atoms with van der Waals surface area (Å²) < 4.78 is 0. The topological polar surface area (TPSA) is 52.6 Å². The fourth-order valence-electron chi connectivity index (χ4n) is 2.53. The number of aliphatic hydroxyl groups excluding tert-OH is 1. The summed E-state index contributed by atoms with van der Waals surface area (Å²) in [5.41, 5.74) is 0. The molecule has 86 valence electrons. The summed E-state index contributed by atoms with van der Waals surface area (Å²) in [6.07, 6.45) is 1.45. The number of hydrogen-bond acceptors (Lipinski definition) is 3. The molecule has 3 atom stereocenters. The number of carbonyl (C=O) groups is 1. The van der Waals surface area contributed by atoms with Crippen molar-refractivity contribution >= 4 is 5.91 Å². The molecule has 2 saturated heterocycles. The zero-order valence-electron chi connectivity index (χ0n) is 9.28. The number of nitrogens with zero attached hydrogens (tertiary/aromatic N) is 1. The Morgan fingerprint density at radius 3 is 2.87 bits per heavy atom. The van der Waals surface area contributed by atoms with Crippen LogP contribution in [0.15, 0.2) is 0 Å². The van der Waals surface area contributed by atoms with Crippen molar-refractivity contribution in [2.45, 2.75) is 25.9 Å². The average molecular weight is 212 g/mol. The van der Waals surface area contributed by atoms with E-state index in [2.05, 4.69) is 12.2 Å². The fraction of sp³-hybridized carbons (Fsp3) is 0.909. The molecule has 0 unspecified atom stereocenters. The number of piperidine rings is 1. The van der Waals surface area contributed by atoms with E-state index in [9.17, 15) is 9.90 Å². The van der Waals surface area contributed by atoms with E-state index in [1.807, 2.05) is 4.90 Å². The number of carbonyl (C=O) groups excluding carboxylic acids is 1. The van der Waals surface area contributed by atoms with Gasteiger partial charge in [-0.1, -0.05) is 6.92 Å². The van der Waals surface area contributed by atoms with Crippen LogP contribution >= 0.6 is 0 Å². The predicted molar refractivity (Wildman–Crippen MR) is 57.3 cm³/mol. The largest absolute Gasteiger partial charge is 0.391 e. The minimum Gasteiger partial charge on any atom is -0.391 e. The molecule has 2 aliphatic rings. The first kappa shape index (κ1) is 10.9. The van der Waals surface area contributed by atoms with Crippen molar-refractivity contribution in [1.29, 1.82) is 0 Å². The molecule has 0 spiro atoms. The van der Waals surface area contributed by atoms with E-state index >= 15 is 0 Å². The summed E-state index contributed by atoms with van der Waals surface area (Å²) in [7, 11) is 0. The Balaban J connectivity index is 1.94. The zero-order valence-corrected chi connectivity index (χ0v) is 9.28. The van der Waals surface area contributed by atoms with E-state index in [4.69, 9.17) is 0 Å². The number of nitrogens with one attached hydrogen (secondary N) is 1. The van der Waals surface area contributed by atoms with Gasteiger partial charge in [0, 0.05) is 19.6 Å². The summed E-state index contributed by atoms with van der Waals surface area (Å²) in [5, 5.41) is 12.8. The van der Waals surface area contributed by atoms with Crippen LogP contribution < -0.4 is 5.32 Å². The number of hydrogen-bond donors (Lipinski definition) is 2. The van der Waals surface area contributed by atoms with Crippen molar-refractivity contribution in [3.05, 3.63) is 0 Å². The maximum absolute atomic E-state index is 12.1. The summed E-state index contributed by atoms with van der Waals surface area (Å²) in [5.74, 6) is 0.776. The second-order valence-corrected chi connectivity index (χ2v) is 4.82. The average Bonchev–Trinajstić information content (AvgIpc) is 2.63. The molecule has 2 rings (SSSR count). The molecule has 2 fully saturated rings. The summed E-state index contributed by atoms with van der Waals surface area (Å²) in [6, 6.07) is 0. The van der Waals surface area contributed by atoms with Crippen molar-refractivity contribution in [3.8, 4) is 0 Å². The highest BCUT2D eigenvalue weighted by atomic mass is 16.3. The van der Waals surface area contributed by atoms with E-state index in [0.717, 1.165) is 32.5 Å². The third-order valence-corrected chi connectivity index (χ3v) is 3.54. The highest BCUT2D eigenvalue weighted by Crippen LogP contribution is 2.21. The minimum atomic E-state index is -0.313. The second kappa shape index (κ2) is 4.49. The van der Waals surface area contributed by atoms with Gasteiger partial charge >= 0.3 is 0 Å². The van der Waals surface area contributed by atoms with Crippen molar-refractivity contribution < 1.29 is 9.90 Å². The van der Waals surface area contributed by atoms with Gasteiger partial charge in [0.25, 0.3) is 0 Å². The summed E-state index contributed by atoms with van der Waals surface area (Å²) >= 11 is 0. The van der Waals surface area contributed by atoms with Gasteiger partial charge in [0.2, 0.25) is 5.91 Å². The highest BCUT2D eigenvalue weighted by Gasteiger charge is 2.34. The first-order valence-electron chi connectivity index (χ1n) is 5.86. The molecule has 4 nitrogen and oxygen atoms in total. The number of likely N-dealkylation sites (tertiary alicyclic amines) is 1. The molecule has 0 bridgehead atoms. The van der Waals surface area contributed by atoms with Gasteiger partial charge in [-0.3, -0.25) is 4.79 Å². The zero-order chi connectivity index (χ0) is 10.8. The molecule has 0 radical (unpaired) electrons. The molecule has 1 amide bonds. The molecular formula is C11H20N2O2. The van der Waals surface area contributed by atoms with Gasteiger partial charge in [0.1, 0.15) is 0 Å². The molecule has 0 aromatic rings. The van der Waals surface area contributed by atoms with E-state index in [1.165, 1.54) is 0 Å². The lowest BCUT2D eigenvalue weighted by atomic mass is 9.95. The maximum Gasteiger partial charge on any atom is 0.227 e. The van der Waals surface area contributed by atoms with Crippen LogP contribution in [0.1, 0.15) is 19.8 Å². The van der Waals surface area contributed by atoms with E-state index in [0.29, 0.717) is 12.5 Å². The Kier molecular flexibility index (Phi) is 3.26. The Bertz CT molecular complexity index is 245. The Labute approximate surface area is 90.6 Å². The molecule has 0 aromatic carbocycles. The molecule has 15 heavy (non-hydrogen) atoms. The second-order valence-electron chi connectivity index (χ2n) is 4.82. The van der Waals surface area contributed by atoms with Crippen molar-refractivity contribution in [1.82, 2.24) is 10.2 Å². The van der Waals surface area contributed by atoms with Gasteiger partial charge in [-0.2, -0.15) is 0 Å². The first-order valence-corrected chi connectivity index (χ1v) is 5.86. The van der Waals surface area contributed by atoms with Crippen LogP contribution in [0.2, 0.25) is 0 Å². The van der Waals surface area contributed by atoms with Crippen molar-refractivity contribution in [2.24, 2.45) is 11.8 Å². The monoisotopic (exact) mass is 212 g/mol. The van der Waals surface area contributed by atoms with Crippen LogP contribution in [0.4, 0.5) is 0 Å². The first-order chi connectivity index (χ1) is 7.18. The molecule has 2 heterocycles. The van der Waals surface area contributed by atoms with Crippen LogP contribution in [0.25, 0.3) is 0 Å². The van der Waals surface area contributed by atoms with Gasteiger partial charge in [-0.25, -0.2) is 0 Å². The maximum atomic E-state index is 12.1. The van der Waals surface area contributed by atoms with E-state index in [-0.39, 0.29) is 17.9 Å². The fourth-order valence-corrected chi connectivity index (χ4v) is 2.53. The Hall–Kier alpha value is -0.610. The molecule has 4 heteroatoms. The van der Waals surface area contributed by atoms with Gasteiger partial charge in [0.15, 0.2) is 0 Å². The summed E-state index contributed by atoms with van der Waals surface area (Å²) in [6.45, 7) is 5.20. The molecular weight excluding hydrogens is 192 g/mol. The van der Waals surface area contributed by atoms with Gasteiger partial charge < -0.3 is 15.3 Å². The smallest absolute Gasteiger partial charge is 0.227 e. The van der Waals surface area contributed by atoms with Gasteiger partial charge in [-0.15, -0.1) is 0 Å². The molecule has 0 aliphatic carbocycles. The van der Waals surface area contributed by atoms with Crippen molar-refractivity contribution in [2.75, 3.05) is 26.2 Å². The highest BCUT2D eigenvalue weighted by molar-refractivity contribution is 5.79. The molecule has 0 saturated carbocycles. The molecule has 2 aliphatic heterocycles. The van der Waals surface area contributed by atoms with Crippen LogP contribution in [-0.4, -0.2) is 48.2 Å². The number of aliphatic hydroxyl groups is 1. The lowest BCUT2D eigenvalue weighted by molar-refractivity contribution is -0.139. The quantitative estimate of drug-likeness (QED) is 0.634. The van der Waals surface area contributed by atoms with Crippen molar-refractivity contribution in [3.63, 3.8) is 0 Å². The number of β-amino-alcohol motifs (C(OH)–C–C–N with tert-alkyl or cyclic N) is 1.